The third-order valence-electron chi connectivity index (χ3n) is 4.35. The predicted molar refractivity (Wildman–Crippen MR) is 93.5 cm³/mol. The third kappa shape index (κ3) is 5.80. The molecule has 1 atom stereocenters. The van der Waals surface area contributed by atoms with Gasteiger partial charge in [0.05, 0.1) is 0 Å². The van der Waals surface area contributed by atoms with Gasteiger partial charge in [-0.3, -0.25) is 4.90 Å². The maximum Gasteiger partial charge on any atom is 0.0236 e. The van der Waals surface area contributed by atoms with Gasteiger partial charge < -0.3 is 5.73 Å². The number of nitrogens with two attached hydrogens (primary N) is 1. The molecule has 0 aromatic heterocycles. The number of rotatable bonds is 9. The van der Waals surface area contributed by atoms with E-state index in [-0.39, 0.29) is 0 Å². The fraction of sp³-hybridized carbons (Fsp3) is 0.684. The van der Waals surface area contributed by atoms with Crippen LogP contribution in [-0.4, -0.2) is 24.0 Å². The van der Waals surface area contributed by atoms with Crippen LogP contribution < -0.4 is 5.73 Å². The van der Waals surface area contributed by atoms with Gasteiger partial charge in [-0.05, 0) is 42.3 Å². The summed E-state index contributed by atoms with van der Waals surface area (Å²) >= 11 is 0. The van der Waals surface area contributed by atoms with Crippen molar-refractivity contribution in [3.05, 3.63) is 35.4 Å². The van der Waals surface area contributed by atoms with E-state index in [0.717, 1.165) is 6.54 Å². The molecule has 1 aromatic carbocycles. The van der Waals surface area contributed by atoms with Gasteiger partial charge in [-0.25, -0.2) is 0 Å². The van der Waals surface area contributed by atoms with Gasteiger partial charge in [0, 0.05) is 19.1 Å². The van der Waals surface area contributed by atoms with E-state index in [4.69, 9.17) is 5.73 Å². The zero-order valence-corrected chi connectivity index (χ0v) is 14.6. The maximum atomic E-state index is 5.75. The van der Waals surface area contributed by atoms with E-state index in [2.05, 4.69) is 63.8 Å². The summed E-state index contributed by atoms with van der Waals surface area (Å²) in [6, 6.07) is 9.73. The van der Waals surface area contributed by atoms with E-state index in [0.29, 0.717) is 24.4 Å². The lowest BCUT2D eigenvalue weighted by atomic mass is 9.99. The lowest BCUT2D eigenvalue weighted by Crippen LogP contribution is -2.36. The van der Waals surface area contributed by atoms with Crippen LogP contribution >= 0.6 is 0 Å². The molecule has 2 nitrogen and oxygen atoms in total. The Balaban J connectivity index is 2.78. The van der Waals surface area contributed by atoms with Crippen molar-refractivity contribution in [2.24, 2.45) is 11.7 Å². The summed E-state index contributed by atoms with van der Waals surface area (Å²) in [5.74, 6) is 1.16. The van der Waals surface area contributed by atoms with E-state index >= 15 is 0 Å². The smallest absolute Gasteiger partial charge is 0.0236 e. The Kier molecular flexibility index (Phi) is 7.98. The van der Waals surface area contributed by atoms with Crippen LogP contribution in [0.2, 0.25) is 0 Å². The van der Waals surface area contributed by atoms with E-state index < -0.39 is 0 Å². The molecule has 0 aliphatic carbocycles. The quantitative estimate of drug-likeness (QED) is 0.730. The summed E-state index contributed by atoms with van der Waals surface area (Å²) in [6.45, 7) is 14.3. The zero-order chi connectivity index (χ0) is 15.8. The average molecular weight is 290 g/mol. The number of nitrogens with zero attached hydrogens (tertiary/aromatic N) is 1. The minimum absolute atomic E-state index is 0.449. The third-order valence-corrected chi connectivity index (χ3v) is 4.35. The summed E-state index contributed by atoms with van der Waals surface area (Å²) in [5.41, 5.74) is 8.50. The second-order valence-electron chi connectivity index (χ2n) is 6.67. The van der Waals surface area contributed by atoms with Gasteiger partial charge in [0.1, 0.15) is 0 Å². The Labute approximate surface area is 131 Å². The number of hydrogen-bond donors (Lipinski definition) is 1. The minimum atomic E-state index is 0.449. The van der Waals surface area contributed by atoms with Crippen molar-refractivity contribution in [2.75, 3.05) is 13.1 Å². The van der Waals surface area contributed by atoms with Crippen LogP contribution in [0.1, 0.15) is 64.5 Å². The number of hydrogen-bond acceptors (Lipinski definition) is 2. The van der Waals surface area contributed by atoms with Crippen LogP contribution in [0.15, 0.2) is 24.3 Å². The molecule has 0 spiro atoms. The fourth-order valence-electron chi connectivity index (χ4n) is 2.94. The lowest BCUT2D eigenvalue weighted by Gasteiger charge is -2.32. The molecular weight excluding hydrogens is 256 g/mol. The average Bonchev–Trinajstić information content (AvgIpc) is 2.47. The second kappa shape index (κ2) is 9.22. The highest BCUT2D eigenvalue weighted by atomic mass is 15.2. The molecule has 0 saturated carbocycles. The molecule has 0 heterocycles. The van der Waals surface area contributed by atoms with Crippen LogP contribution in [0.5, 0.6) is 0 Å². The molecule has 2 N–H and O–H groups in total. The first-order valence-corrected chi connectivity index (χ1v) is 8.54. The Bertz CT molecular complexity index is 379. The highest BCUT2D eigenvalue weighted by molar-refractivity contribution is 5.25. The predicted octanol–water partition coefficient (Wildman–Crippen LogP) is 4.40. The van der Waals surface area contributed by atoms with Gasteiger partial charge >= 0.3 is 0 Å². The highest BCUT2D eigenvalue weighted by Crippen LogP contribution is 2.18. The van der Waals surface area contributed by atoms with Crippen LogP contribution in [0.3, 0.4) is 0 Å². The van der Waals surface area contributed by atoms with Crippen LogP contribution in [0.25, 0.3) is 0 Å². The fourth-order valence-corrected chi connectivity index (χ4v) is 2.94. The molecule has 0 aliphatic heterocycles. The van der Waals surface area contributed by atoms with Crippen molar-refractivity contribution in [3.63, 3.8) is 0 Å². The van der Waals surface area contributed by atoms with Gasteiger partial charge in [-0.1, -0.05) is 58.9 Å². The molecule has 21 heavy (non-hydrogen) atoms. The maximum absolute atomic E-state index is 5.75. The van der Waals surface area contributed by atoms with E-state index in [9.17, 15) is 0 Å². The standard InChI is InChI=1S/C19H34N2/c1-6-19(7-2)21(13-15(3)4)14-17-8-10-18(11-9-17)16(5)12-20/h8-11,15-16,19H,6-7,12-14,20H2,1-5H3. The molecule has 0 bridgehead atoms. The second-order valence-corrected chi connectivity index (χ2v) is 6.67. The van der Waals surface area contributed by atoms with Crippen LogP contribution in [-0.2, 0) is 6.54 Å². The molecule has 120 valence electrons. The summed E-state index contributed by atoms with van der Waals surface area (Å²) in [4.78, 5) is 2.64. The Morgan fingerprint density at radius 3 is 2.00 bits per heavy atom. The Morgan fingerprint density at radius 1 is 1.00 bits per heavy atom. The summed E-state index contributed by atoms with van der Waals surface area (Å²) in [7, 11) is 0. The van der Waals surface area contributed by atoms with Gasteiger partial charge in [-0.2, -0.15) is 0 Å². The molecule has 0 radical (unpaired) electrons. The van der Waals surface area contributed by atoms with Crippen molar-refractivity contribution in [3.8, 4) is 0 Å². The van der Waals surface area contributed by atoms with Crippen molar-refractivity contribution in [1.82, 2.24) is 4.90 Å². The first-order valence-electron chi connectivity index (χ1n) is 8.54. The van der Waals surface area contributed by atoms with Crippen LogP contribution in [0, 0.1) is 5.92 Å². The van der Waals surface area contributed by atoms with Crippen molar-refractivity contribution >= 4 is 0 Å². The summed E-state index contributed by atoms with van der Waals surface area (Å²) < 4.78 is 0. The lowest BCUT2D eigenvalue weighted by molar-refractivity contribution is 0.157. The molecule has 1 unspecified atom stereocenters. The minimum Gasteiger partial charge on any atom is -0.330 e. The molecule has 2 heteroatoms. The largest absolute Gasteiger partial charge is 0.330 e. The highest BCUT2D eigenvalue weighted by Gasteiger charge is 2.16. The summed E-state index contributed by atoms with van der Waals surface area (Å²) in [5, 5.41) is 0. The molecule has 0 fully saturated rings. The Morgan fingerprint density at radius 2 is 1.57 bits per heavy atom. The molecule has 0 saturated heterocycles. The van der Waals surface area contributed by atoms with Gasteiger partial charge in [0.15, 0.2) is 0 Å². The SMILES string of the molecule is CCC(CC)N(Cc1ccc(C(C)CN)cc1)CC(C)C. The van der Waals surface area contributed by atoms with Crippen LogP contribution in [0.4, 0.5) is 0 Å². The van der Waals surface area contributed by atoms with E-state index in [1.807, 2.05) is 0 Å². The summed E-state index contributed by atoms with van der Waals surface area (Å²) in [6.07, 6.45) is 2.46. The molecule has 1 aromatic rings. The zero-order valence-electron chi connectivity index (χ0n) is 14.6. The van der Waals surface area contributed by atoms with Crippen molar-refractivity contribution < 1.29 is 0 Å². The molecule has 1 rings (SSSR count). The van der Waals surface area contributed by atoms with Gasteiger partial charge in [-0.15, -0.1) is 0 Å². The van der Waals surface area contributed by atoms with E-state index in [1.54, 1.807) is 0 Å². The van der Waals surface area contributed by atoms with Crippen molar-refractivity contribution in [2.45, 2.75) is 66.0 Å². The van der Waals surface area contributed by atoms with Crippen molar-refractivity contribution in [1.29, 1.82) is 0 Å². The first-order chi connectivity index (χ1) is 10.0. The monoisotopic (exact) mass is 290 g/mol. The van der Waals surface area contributed by atoms with Gasteiger partial charge in [0.25, 0.3) is 0 Å². The Hall–Kier alpha value is -0.860. The molecule has 0 amide bonds. The normalized spacial score (nSPS) is 13.4. The van der Waals surface area contributed by atoms with E-state index in [1.165, 1.54) is 30.5 Å². The molecule has 0 aliphatic rings. The first kappa shape index (κ1) is 18.2. The van der Waals surface area contributed by atoms with Gasteiger partial charge in [0.2, 0.25) is 0 Å². The number of benzene rings is 1. The topological polar surface area (TPSA) is 29.3 Å². The molecular formula is C19H34N2.